The number of amides is 4. The molecule has 5 atom stereocenters. The highest BCUT2D eigenvalue weighted by molar-refractivity contribution is 5.98. The van der Waals surface area contributed by atoms with Gasteiger partial charge in [0, 0.05) is 34.5 Å². The number of morpholine rings is 1. The first-order valence-corrected chi connectivity index (χ1v) is 17.0. The van der Waals surface area contributed by atoms with E-state index < -0.39 is 118 Å². The second-order valence-corrected chi connectivity index (χ2v) is 13.3. The maximum atomic E-state index is 14.5. The van der Waals surface area contributed by atoms with Crippen LogP contribution in [0, 0.1) is 11.8 Å². The maximum absolute atomic E-state index is 14.5. The van der Waals surface area contributed by atoms with Crippen LogP contribution in [0.5, 0.6) is 0 Å². The van der Waals surface area contributed by atoms with Crippen LogP contribution in [0.3, 0.4) is 0 Å². The molecule has 2 heterocycles. The summed E-state index contributed by atoms with van der Waals surface area (Å²) in [5, 5.41) is 9.65. The molecule has 4 amide bonds. The Morgan fingerprint density at radius 3 is 1.96 bits per heavy atom. The molecule has 284 valence electrons. The molecule has 0 unspecified atom stereocenters. The zero-order chi connectivity index (χ0) is 50.8. The van der Waals surface area contributed by atoms with Gasteiger partial charge in [0.25, 0.3) is 0 Å². The average Bonchev–Trinajstić information content (AvgIpc) is 3.96. The number of hydrogen-bond acceptors (Lipinski definition) is 8. The van der Waals surface area contributed by atoms with Gasteiger partial charge in [0.2, 0.25) is 23.6 Å². The van der Waals surface area contributed by atoms with Crippen molar-refractivity contribution in [3.63, 3.8) is 0 Å². The number of carbonyl (C=O) groups is 5. The molecule has 4 N–H and O–H groups in total. The van der Waals surface area contributed by atoms with E-state index in [4.69, 9.17) is 25.3 Å². The van der Waals surface area contributed by atoms with E-state index in [0.717, 1.165) is 0 Å². The highest BCUT2D eigenvalue weighted by atomic mass is 16.6. The summed E-state index contributed by atoms with van der Waals surface area (Å²) in [5.41, 5.74) is -0.0609. The number of hydrogen-bond donors (Lipinski definition) is 4. The minimum Gasteiger partial charge on any atom is -0.379 e. The SMILES string of the molecule is [2H]C([2H])([2H])C([2H])(C[C@H](NC(=O)[C@H](CCc1ccccc1)NC(=O)CN1C([2H])([2H])C([2H])([2H])OC([2H])([2H])C1([2H])[2H])C(=O)N[C@@H](Cc1ccccc1)C(=O)N[C@@H](CC(C)C)C(=O)[C@@]1(C)CO1)C([2H])([2H])[2H]. The summed E-state index contributed by atoms with van der Waals surface area (Å²) < 4.78 is 132. The highest BCUT2D eigenvalue weighted by Gasteiger charge is 2.50. The summed E-state index contributed by atoms with van der Waals surface area (Å²) in [6.45, 7) is -17.3. The van der Waals surface area contributed by atoms with Crippen molar-refractivity contribution in [1.82, 2.24) is 26.2 Å². The minimum absolute atomic E-state index is 0.00692. The van der Waals surface area contributed by atoms with Gasteiger partial charge in [-0.15, -0.1) is 0 Å². The van der Waals surface area contributed by atoms with Crippen molar-refractivity contribution < 1.29 is 54.0 Å². The number of carbonyl (C=O) groups excluding carboxylic acids is 5. The Balaban J connectivity index is 1.74. The van der Waals surface area contributed by atoms with Gasteiger partial charge in [0.05, 0.1) is 37.8 Å². The molecule has 2 fully saturated rings. The average molecular weight is 735 g/mol. The van der Waals surface area contributed by atoms with Crippen molar-refractivity contribution in [3.8, 4) is 0 Å². The van der Waals surface area contributed by atoms with Crippen molar-refractivity contribution >= 4 is 29.4 Å². The molecule has 2 aliphatic heterocycles. The van der Waals surface area contributed by atoms with E-state index in [2.05, 4.69) is 26.0 Å². The minimum atomic E-state index is -3.62. The summed E-state index contributed by atoms with van der Waals surface area (Å²) in [7, 11) is 0. The van der Waals surface area contributed by atoms with Gasteiger partial charge in [-0.05, 0) is 55.5 Å². The Bertz CT molecular complexity index is 2050. The number of benzene rings is 2. The molecule has 52 heavy (non-hydrogen) atoms. The largest absolute Gasteiger partial charge is 0.379 e. The number of ether oxygens (including phenoxy) is 2. The maximum Gasteiger partial charge on any atom is 0.243 e. The molecule has 2 aromatic carbocycles. The number of Topliss-reactive ketones (excluding diaryl/α,β-unsaturated/α-hetero) is 1. The van der Waals surface area contributed by atoms with E-state index in [9.17, 15) is 24.0 Å². The lowest BCUT2D eigenvalue weighted by Gasteiger charge is -2.29. The van der Waals surface area contributed by atoms with Crippen LogP contribution in [0.4, 0.5) is 0 Å². The Morgan fingerprint density at radius 2 is 1.37 bits per heavy atom. The molecule has 2 saturated heterocycles. The predicted molar refractivity (Wildman–Crippen MR) is 198 cm³/mol. The lowest BCUT2D eigenvalue weighted by Crippen LogP contribution is -2.59. The van der Waals surface area contributed by atoms with Gasteiger partial charge in [0.1, 0.15) is 23.7 Å². The van der Waals surface area contributed by atoms with Gasteiger partial charge in [-0.2, -0.15) is 0 Å². The molecule has 12 heteroatoms. The van der Waals surface area contributed by atoms with E-state index in [1.54, 1.807) is 67.6 Å². The molecule has 12 nitrogen and oxygen atoms in total. The fraction of sp³-hybridized carbons (Fsp3) is 0.575. The zero-order valence-electron chi connectivity index (χ0n) is 44.4. The first-order chi connectivity index (χ1) is 30.6. The van der Waals surface area contributed by atoms with Crippen LogP contribution in [-0.4, -0.2) is 103 Å². The monoisotopic (exact) mass is 735 g/mol. The predicted octanol–water partition coefficient (Wildman–Crippen LogP) is 2.58. The fourth-order valence-electron chi connectivity index (χ4n) is 5.51. The van der Waals surface area contributed by atoms with Crippen molar-refractivity contribution in [2.24, 2.45) is 11.8 Å². The summed E-state index contributed by atoms with van der Waals surface area (Å²) >= 11 is 0. The van der Waals surface area contributed by atoms with E-state index in [-0.39, 0.29) is 43.1 Å². The topological polar surface area (TPSA) is 158 Å². The molecule has 2 aromatic rings. The first-order valence-electron chi connectivity index (χ1n) is 24.5. The van der Waals surface area contributed by atoms with Gasteiger partial charge in [-0.25, -0.2) is 0 Å². The summed E-state index contributed by atoms with van der Waals surface area (Å²) in [6, 6.07) is 9.85. The lowest BCUT2D eigenvalue weighted by atomic mass is 9.93. The van der Waals surface area contributed by atoms with Crippen LogP contribution < -0.4 is 21.3 Å². The van der Waals surface area contributed by atoms with Gasteiger partial charge >= 0.3 is 0 Å². The van der Waals surface area contributed by atoms with Gasteiger partial charge in [0.15, 0.2) is 5.78 Å². The molecule has 0 saturated carbocycles. The van der Waals surface area contributed by atoms with Crippen LogP contribution in [-0.2, 0) is 46.3 Å². The standard InChI is InChI=1S/C40H57N5O7/c1-27(2)22-32(36(47)40(5)26-52-40)42-39(50)34(24-30-14-10-7-11-15-30)44-38(49)33(23-28(3)4)43-37(48)31(17-16-29-12-8-6-9-13-29)41-35(46)25-45-18-20-51-21-19-45/h6-15,27-28,31-34H,16-26H2,1-5H3,(H,41,46)(H,42,50)(H,43,48)(H,44,49)/t31-,32-,33-,34-,40+/m0/s1/i3D3,4D3,18D2,19D2,20D2,21D2,28D. The summed E-state index contributed by atoms with van der Waals surface area (Å²) in [5.74, 6) is -8.86. The van der Waals surface area contributed by atoms with Crippen molar-refractivity contribution in [2.75, 3.05) is 39.3 Å². The lowest BCUT2D eigenvalue weighted by molar-refractivity contribution is -0.135. The molecule has 4 rings (SSSR count). The van der Waals surface area contributed by atoms with Gasteiger partial charge in [-0.3, -0.25) is 28.9 Å². The van der Waals surface area contributed by atoms with E-state index in [1.165, 1.54) is 0 Å². The van der Waals surface area contributed by atoms with Crippen molar-refractivity contribution in [1.29, 1.82) is 0 Å². The first kappa shape index (κ1) is 24.2. The molecule has 2 aliphatic rings. The van der Waals surface area contributed by atoms with Gasteiger partial charge in [-0.1, -0.05) is 88.2 Å². The molecule has 0 spiro atoms. The molecular formula is C40H57N5O7. The smallest absolute Gasteiger partial charge is 0.243 e. The number of nitrogens with one attached hydrogen (secondary N) is 4. The Labute approximate surface area is 329 Å². The molecule has 0 bridgehead atoms. The Kier molecular flexibility index (Phi) is 9.15. The Morgan fingerprint density at radius 1 is 0.808 bits per heavy atom. The van der Waals surface area contributed by atoms with Crippen LogP contribution in [0.1, 0.15) is 85.4 Å². The number of rotatable bonds is 20. The molecule has 0 radical (unpaired) electrons. The van der Waals surface area contributed by atoms with E-state index >= 15 is 0 Å². The third kappa shape index (κ3) is 13.1. The number of aryl methyl sites for hydroxylation is 1. The molecule has 0 aromatic heterocycles. The van der Waals surface area contributed by atoms with Crippen LogP contribution in [0.25, 0.3) is 0 Å². The van der Waals surface area contributed by atoms with Crippen molar-refractivity contribution in [3.05, 3.63) is 71.8 Å². The second kappa shape index (κ2) is 19.6. The van der Waals surface area contributed by atoms with Crippen LogP contribution >= 0.6 is 0 Å². The third-order valence-electron chi connectivity index (χ3n) is 8.38. The number of nitrogens with zero attached hydrogens (tertiary/aromatic N) is 1. The Hall–Kier alpha value is -4.13. The van der Waals surface area contributed by atoms with Crippen molar-refractivity contribution in [2.45, 2.75) is 96.3 Å². The third-order valence-corrected chi connectivity index (χ3v) is 8.38. The quantitative estimate of drug-likeness (QED) is 0.151. The highest BCUT2D eigenvalue weighted by Crippen LogP contribution is 2.29. The molecule has 0 aliphatic carbocycles. The summed E-state index contributed by atoms with van der Waals surface area (Å²) in [6.07, 6.45) is -1.82. The van der Waals surface area contributed by atoms with Gasteiger partial charge < -0.3 is 30.7 Å². The van der Waals surface area contributed by atoms with Crippen LogP contribution in [0.15, 0.2) is 60.7 Å². The second-order valence-electron chi connectivity index (χ2n) is 13.3. The van der Waals surface area contributed by atoms with E-state index in [0.29, 0.717) is 11.1 Å². The van der Waals surface area contributed by atoms with E-state index in [1.807, 2.05) is 13.8 Å². The zero-order valence-corrected chi connectivity index (χ0v) is 29.4. The molecular weight excluding hydrogens is 662 g/mol. The summed E-state index contributed by atoms with van der Waals surface area (Å²) in [4.78, 5) is 70.3. The van der Waals surface area contributed by atoms with Crippen LogP contribution in [0.2, 0.25) is 0 Å². The number of epoxide rings is 1. The fourth-order valence-corrected chi connectivity index (χ4v) is 5.51. The normalized spacial score (nSPS) is 28.4. The number of ketones is 1.